The average molecular weight is 436 g/mol. The van der Waals surface area contributed by atoms with Crippen LogP contribution >= 0.6 is 0 Å². The molecule has 7 nitrogen and oxygen atoms in total. The van der Waals surface area contributed by atoms with Crippen molar-refractivity contribution in [3.05, 3.63) is 97.4 Å². The van der Waals surface area contributed by atoms with Crippen molar-refractivity contribution >= 4 is 29.8 Å². The Labute approximate surface area is 182 Å². The molecule has 0 heterocycles. The molecule has 0 spiro atoms. The summed E-state index contributed by atoms with van der Waals surface area (Å²) in [5.41, 5.74) is 0.480. The first-order valence-corrected chi connectivity index (χ1v) is 8.96. The van der Waals surface area contributed by atoms with Crippen LogP contribution in [0.25, 0.3) is 6.08 Å². The van der Waals surface area contributed by atoms with E-state index in [2.05, 4.69) is 19.7 Å². The number of halogens is 1. The monoisotopic (exact) mass is 436 g/mol. The van der Waals surface area contributed by atoms with E-state index in [1.807, 2.05) is 0 Å². The summed E-state index contributed by atoms with van der Waals surface area (Å²) in [5.74, 6) is -4.31. The van der Waals surface area contributed by atoms with Gasteiger partial charge in [0.25, 0.3) is 0 Å². The summed E-state index contributed by atoms with van der Waals surface area (Å²) >= 11 is 0. The molecule has 0 fully saturated rings. The van der Waals surface area contributed by atoms with Gasteiger partial charge < -0.3 is 14.2 Å². The SMILES string of the molecule is C=CC(=O)Oc1cc(/C=C/C(=O)c2ccc(OC(=O)C=C)c(OC(=O)C=C)c2)ccc1F. The number of ether oxygens (including phenoxy) is 3. The van der Waals surface area contributed by atoms with E-state index in [4.69, 9.17) is 14.2 Å². The second-order valence-corrected chi connectivity index (χ2v) is 5.92. The number of allylic oxidation sites excluding steroid dienone is 1. The molecule has 0 atom stereocenters. The van der Waals surface area contributed by atoms with Gasteiger partial charge in [-0.3, -0.25) is 4.79 Å². The molecule has 0 N–H and O–H groups in total. The van der Waals surface area contributed by atoms with Crippen molar-refractivity contribution in [2.45, 2.75) is 0 Å². The van der Waals surface area contributed by atoms with Gasteiger partial charge >= 0.3 is 17.9 Å². The molecule has 2 aromatic carbocycles. The van der Waals surface area contributed by atoms with Crippen LogP contribution in [-0.4, -0.2) is 23.7 Å². The molecule has 0 aliphatic heterocycles. The maximum atomic E-state index is 13.8. The van der Waals surface area contributed by atoms with Crippen molar-refractivity contribution in [3.63, 3.8) is 0 Å². The third kappa shape index (κ3) is 6.46. The topological polar surface area (TPSA) is 96.0 Å². The van der Waals surface area contributed by atoms with E-state index in [1.54, 1.807) is 0 Å². The molecule has 0 saturated heterocycles. The molecule has 162 valence electrons. The molecule has 0 radical (unpaired) electrons. The molecule has 0 aliphatic carbocycles. The maximum absolute atomic E-state index is 13.8. The van der Waals surface area contributed by atoms with Gasteiger partial charge in [0.2, 0.25) is 0 Å². The zero-order chi connectivity index (χ0) is 23.7. The van der Waals surface area contributed by atoms with Crippen molar-refractivity contribution in [2.75, 3.05) is 0 Å². The highest BCUT2D eigenvalue weighted by molar-refractivity contribution is 6.07. The summed E-state index contributed by atoms with van der Waals surface area (Å²) < 4.78 is 28.6. The average Bonchev–Trinajstić information content (AvgIpc) is 2.79. The van der Waals surface area contributed by atoms with E-state index >= 15 is 0 Å². The van der Waals surface area contributed by atoms with Crippen LogP contribution < -0.4 is 14.2 Å². The van der Waals surface area contributed by atoms with Crippen LogP contribution in [0.2, 0.25) is 0 Å². The van der Waals surface area contributed by atoms with Crippen LogP contribution in [0.4, 0.5) is 4.39 Å². The molecule has 0 bridgehead atoms. The van der Waals surface area contributed by atoms with Gasteiger partial charge in [-0.15, -0.1) is 0 Å². The fourth-order valence-corrected chi connectivity index (χ4v) is 2.25. The van der Waals surface area contributed by atoms with Crippen LogP contribution in [0, 0.1) is 5.82 Å². The standard InChI is InChI=1S/C24H17FO7/c1-4-22(27)30-19-12-9-16(14-21(19)32-24(29)6-3)18(26)11-8-15-7-10-17(25)20(13-15)31-23(28)5-2/h4-14H,1-3H2/b11-8+. The van der Waals surface area contributed by atoms with Gasteiger partial charge in [-0.1, -0.05) is 31.9 Å². The number of rotatable bonds is 9. The van der Waals surface area contributed by atoms with E-state index in [-0.39, 0.29) is 22.8 Å². The Morgan fingerprint density at radius 2 is 1.28 bits per heavy atom. The van der Waals surface area contributed by atoms with Crippen molar-refractivity contribution in [3.8, 4) is 17.2 Å². The van der Waals surface area contributed by atoms with Crippen LogP contribution in [0.1, 0.15) is 15.9 Å². The largest absolute Gasteiger partial charge is 0.420 e. The maximum Gasteiger partial charge on any atom is 0.335 e. The first-order valence-electron chi connectivity index (χ1n) is 8.96. The molecular formula is C24H17FO7. The zero-order valence-electron chi connectivity index (χ0n) is 16.7. The lowest BCUT2D eigenvalue weighted by Crippen LogP contribution is -2.09. The minimum absolute atomic E-state index is 0.0992. The van der Waals surface area contributed by atoms with Gasteiger partial charge in [0.1, 0.15) is 0 Å². The number of benzene rings is 2. The predicted octanol–water partition coefficient (Wildman–Crippen LogP) is 4.00. The molecule has 2 aromatic rings. The summed E-state index contributed by atoms with van der Waals surface area (Å²) in [6.45, 7) is 9.79. The second-order valence-electron chi connectivity index (χ2n) is 5.92. The molecule has 8 heteroatoms. The van der Waals surface area contributed by atoms with Gasteiger partial charge in [-0.05, 0) is 42.0 Å². The molecular weight excluding hydrogens is 419 g/mol. The lowest BCUT2D eigenvalue weighted by molar-refractivity contribution is -0.131. The minimum Gasteiger partial charge on any atom is -0.420 e. The molecule has 2 rings (SSSR count). The predicted molar refractivity (Wildman–Crippen MR) is 114 cm³/mol. The number of carbonyl (C=O) groups is 4. The van der Waals surface area contributed by atoms with Gasteiger partial charge in [0.15, 0.2) is 28.8 Å². The number of hydrogen-bond acceptors (Lipinski definition) is 7. The number of ketones is 1. The normalized spacial score (nSPS) is 10.2. The Morgan fingerprint density at radius 1 is 0.719 bits per heavy atom. The van der Waals surface area contributed by atoms with E-state index in [9.17, 15) is 23.6 Å². The summed E-state index contributed by atoms with van der Waals surface area (Å²) in [5, 5.41) is 0. The van der Waals surface area contributed by atoms with Crippen molar-refractivity contribution in [1.29, 1.82) is 0 Å². The third-order valence-electron chi connectivity index (χ3n) is 3.74. The molecule has 0 aromatic heterocycles. The van der Waals surface area contributed by atoms with Crippen LogP contribution in [-0.2, 0) is 14.4 Å². The van der Waals surface area contributed by atoms with Crippen molar-refractivity contribution in [1.82, 2.24) is 0 Å². The van der Waals surface area contributed by atoms with Gasteiger partial charge in [-0.2, -0.15) is 0 Å². The highest BCUT2D eigenvalue weighted by Gasteiger charge is 2.15. The van der Waals surface area contributed by atoms with Crippen LogP contribution in [0.5, 0.6) is 17.2 Å². The van der Waals surface area contributed by atoms with E-state index in [0.29, 0.717) is 5.56 Å². The molecule has 32 heavy (non-hydrogen) atoms. The molecule has 0 saturated carbocycles. The lowest BCUT2D eigenvalue weighted by atomic mass is 10.1. The Bertz CT molecular complexity index is 1150. The summed E-state index contributed by atoms with van der Waals surface area (Å²) in [4.78, 5) is 46.9. The minimum atomic E-state index is -0.833. The Morgan fingerprint density at radius 3 is 1.88 bits per heavy atom. The Kier molecular flexibility index (Phi) is 8.13. The van der Waals surface area contributed by atoms with Crippen molar-refractivity contribution in [2.24, 2.45) is 0 Å². The smallest absolute Gasteiger partial charge is 0.335 e. The fraction of sp³-hybridized carbons (Fsp3) is 0. The summed E-state index contributed by atoms with van der Waals surface area (Å²) in [6.07, 6.45) is 5.26. The van der Waals surface area contributed by atoms with Crippen LogP contribution in [0.15, 0.2) is 80.4 Å². The van der Waals surface area contributed by atoms with E-state index in [0.717, 1.165) is 24.3 Å². The molecule has 0 aliphatic rings. The van der Waals surface area contributed by atoms with Crippen LogP contribution in [0.3, 0.4) is 0 Å². The zero-order valence-corrected chi connectivity index (χ0v) is 16.7. The number of carbonyl (C=O) groups excluding carboxylic acids is 4. The fourth-order valence-electron chi connectivity index (χ4n) is 2.25. The second kappa shape index (κ2) is 11.0. The quantitative estimate of drug-likeness (QED) is 0.254. The highest BCUT2D eigenvalue weighted by atomic mass is 19.1. The van der Waals surface area contributed by atoms with E-state index < -0.39 is 29.5 Å². The molecule has 0 unspecified atom stereocenters. The van der Waals surface area contributed by atoms with Crippen molar-refractivity contribution < 1.29 is 37.8 Å². The molecule has 0 amide bonds. The highest BCUT2D eigenvalue weighted by Crippen LogP contribution is 2.29. The Balaban J connectivity index is 2.29. The summed E-state index contributed by atoms with van der Waals surface area (Å²) in [6, 6.07) is 7.52. The first kappa shape index (κ1) is 23.7. The number of esters is 3. The van der Waals surface area contributed by atoms with Gasteiger partial charge in [-0.25, -0.2) is 18.8 Å². The Hall–Kier alpha value is -4.59. The van der Waals surface area contributed by atoms with Gasteiger partial charge in [0, 0.05) is 23.8 Å². The third-order valence-corrected chi connectivity index (χ3v) is 3.74. The number of hydrogen-bond donors (Lipinski definition) is 0. The summed E-state index contributed by atoms with van der Waals surface area (Å²) in [7, 11) is 0. The van der Waals surface area contributed by atoms with E-state index in [1.165, 1.54) is 42.5 Å². The first-order chi connectivity index (χ1) is 15.3. The lowest BCUT2D eigenvalue weighted by Gasteiger charge is -2.09. The van der Waals surface area contributed by atoms with Gasteiger partial charge in [0.05, 0.1) is 0 Å².